The van der Waals surface area contributed by atoms with E-state index in [4.69, 9.17) is 24.7 Å². The Labute approximate surface area is 277 Å². The van der Waals surface area contributed by atoms with E-state index in [9.17, 15) is 14.7 Å². The van der Waals surface area contributed by atoms with Gasteiger partial charge in [0.15, 0.2) is 12.4 Å². The smallest absolute Gasteiger partial charge is 0.303 e. The van der Waals surface area contributed by atoms with Crippen molar-refractivity contribution >= 4 is 11.9 Å². The van der Waals surface area contributed by atoms with Gasteiger partial charge in [0, 0.05) is 13.5 Å². The van der Waals surface area contributed by atoms with E-state index >= 15 is 0 Å². The van der Waals surface area contributed by atoms with E-state index in [0.717, 1.165) is 19.3 Å². The Hall–Kier alpha value is -1.26. The second-order valence-corrected chi connectivity index (χ2v) is 17.9. The van der Waals surface area contributed by atoms with Crippen molar-refractivity contribution < 1.29 is 33.6 Å². The highest BCUT2D eigenvalue weighted by Crippen LogP contribution is 2.72. The zero-order valence-electron chi connectivity index (χ0n) is 29.8. The van der Waals surface area contributed by atoms with E-state index in [0.29, 0.717) is 60.6 Å². The van der Waals surface area contributed by atoms with E-state index in [1.807, 2.05) is 4.90 Å². The molecule has 9 heteroatoms. The maximum atomic E-state index is 12.0. The lowest BCUT2D eigenvalue weighted by molar-refractivity contribution is -0.251. The predicted molar refractivity (Wildman–Crippen MR) is 174 cm³/mol. The number of nitrogens with two attached hydrogens (primary N) is 1. The summed E-state index contributed by atoms with van der Waals surface area (Å²) in [6.07, 6.45) is 8.04. The van der Waals surface area contributed by atoms with Gasteiger partial charge in [-0.1, -0.05) is 34.6 Å². The minimum Gasteiger partial charge on any atom is -0.457 e. The molecule has 0 aromatic rings. The molecule has 4 aliphatic carbocycles. The van der Waals surface area contributed by atoms with Crippen molar-refractivity contribution in [1.82, 2.24) is 4.90 Å². The molecule has 13 atom stereocenters. The average molecular weight is 647 g/mol. The highest BCUT2D eigenvalue weighted by Gasteiger charge is 2.67. The molecule has 0 aromatic carbocycles. The molecule has 0 bridgehead atoms. The van der Waals surface area contributed by atoms with Crippen molar-refractivity contribution in [2.24, 2.45) is 57.5 Å². The van der Waals surface area contributed by atoms with Crippen LogP contribution in [-0.2, 0) is 28.5 Å². The van der Waals surface area contributed by atoms with Gasteiger partial charge in [-0.15, -0.1) is 0 Å². The van der Waals surface area contributed by atoms with Gasteiger partial charge in [0.25, 0.3) is 0 Å². The molecule has 6 aliphatic rings. The van der Waals surface area contributed by atoms with Crippen molar-refractivity contribution in [3.8, 4) is 0 Å². The second-order valence-electron chi connectivity index (χ2n) is 17.9. The number of carbonyl (C=O) groups is 2. The van der Waals surface area contributed by atoms with Crippen molar-refractivity contribution in [3.63, 3.8) is 0 Å². The van der Waals surface area contributed by atoms with Crippen molar-refractivity contribution in [3.05, 3.63) is 0 Å². The SMILES string of the molecule is CC(=O)O[C@@H]([C@H]1C[C@@H](C)C2C(CC3[C@@H]4CCC5C(CC[C@H](OC6CN(CC(N)=O)CCO6)C5(C)C)[C@]4(C)CC[C@]23C)O1)C(C)(C)O. The third-order valence-electron chi connectivity index (χ3n) is 14.4. The predicted octanol–water partition coefficient (Wildman–Crippen LogP) is 4.92. The normalized spacial score (nSPS) is 46.3. The zero-order valence-corrected chi connectivity index (χ0v) is 29.8. The first-order chi connectivity index (χ1) is 21.4. The molecular weight excluding hydrogens is 584 g/mol. The Morgan fingerprint density at radius 3 is 2.33 bits per heavy atom. The van der Waals surface area contributed by atoms with E-state index in [1.165, 1.54) is 39.0 Å². The van der Waals surface area contributed by atoms with Gasteiger partial charge >= 0.3 is 5.97 Å². The molecule has 6 unspecified atom stereocenters. The molecule has 2 saturated heterocycles. The van der Waals surface area contributed by atoms with Crippen molar-refractivity contribution in [1.29, 1.82) is 0 Å². The first kappa shape index (κ1) is 34.6. The third kappa shape index (κ3) is 5.96. The monoisotopic (exact) mass is 646 g/mol. The molecule has 1 amide bonds. The fourth-order valence-corrected chi connectivity index (χ4v) is 12.4. The summed E-state index contributed by atoms with van der Waals surface area (Å²) in [6.45, 7) is 19.4. The molecule has 9 nitrogen and oxygen atoms in total. The molecular formula is C37H62N2O7. The molecule has 4 saturated carbocycles. The number of amides is 1. The van der Waals surface area contributed by atoms with Crippen LogP contribution in [0.25, 0.3) is 0 Å². The number of esters is 1. The maximum absolute atomic E-state index is 12.0. The highest BCUT2D eigenvalue weighted by molar-refractivity contribution is 5.75. The van der Waals surface area contributed by atoms with Crippen LogP contribution in [0.5, 0.6) is 0 Å². The Kier molecular flexibility index (Phi) is 9.22. The Morgan fingerprint density at radius 1 is 1.00 bits per heavy atom. The van der Waals surface area contributed by atoms with Gasteiger partial charge in [0.05, 0.1) is 43.6 Å². The fraction of sp³-hybridized carbons (Fsp3) is 0.946. The summed E-state index contributed by atoms with van der Waals surface area (Å²) in [7, 11) is 0. The van der Waals surface area contributed by atoms with Crippen LogP contribution in [0.4, 0.5) is 0 Å². The van der Waals surface area contributed by atoms with Crippen LogP contribution in [0.1, 0.15) is 107 Å². The number of carbonyl (C=O) groups excluding carboxylic acids is 2. The molecule has 2 aliphatic heterocycles. The number of morpholine rings is 1. The molecule has 6 fully saturated rings. The minimum atomic E-state index is -1.17. The van der Waals surface area contributed by atoms with Crippen LogP contribution in [0.15, 0.2) is 0 Å². The molecule has 46 heavy (non-hydrogen) atoms. The lowest BCUT2D eigenvalue weighted by Gasteiger charge is -2.65. The first-order valence-corrected chi connectivity index (χ1v) is 18.3. The fourth-order valence-electron chi connectivity index (χ4n) is 12.4. The summed E-state index contributed by atoms with van der Waals surface area (Å²) < 4.78 is 25.4. The van der Waals surface area contributed by atoms with Crippen LogP contribution < -0.4 is 5.73 Å². The first-order valence-electron chi connectivity index (χ1n) is 18.3. The number of nitrogens with zero attached hydrogens (tertiary/aromatic N) is 1. The van der Waals surface area contributed by atoms with Crippen LogP contribution in [0.3, 0.4) is 0 Å². The van der Waals surface area contributed by atoms with Crippen LogP contribution in [-0.4, -0.2) is 84.4 Å². The molecule has 262 valence electrons. The maximum Gasteiger partial charge on any atom is 0.303 e. The van der Waals surface area contributed by atoms with Gasteiger partial charge in [0.1, 0.15) is 0 Å². The number of aliphatic hydroxyl groups is 1. The number of fused-ring (bicyclic) bond motifs is 7. The van der Waals surface area contributed by atoms with Gasteiger partial charge in [0.2, 0.25) is 5.91 Å². The van der Waals surface area contributed by atoms with Crippen molar-refractivity contribution in [2.75, 3.05) is 26.2 Å². The van der Waals surface area contributed by atoms with Crippen LogP contribution in [0, 0.1) is 51.8 Å². The lowest BCUT2D eigenvalue weighted by atomic mass is 9.40. The summed E-state index contributed by atoms with van der Waals surface area (Å²) >= 11 is 0. The van der Waals surface area contributed by atoms with Crippen molar-refractivity contribution in [2.45, 2.75) is 143 Å². The summed E-state index contributed by atoms with van der Waals surface area (Å²) in [5.74, 6) is 2.79. The minimum absolute atomic E-state index is 0.0320. The lowest BCUT2D eigenvalue weighted by Crippen LogP contribution is -2.60. The zero-order chi connectivity index (χ0) is 33.4. The average Bonchev–Trinajstić information content (AvgIpc) is 3.25. The number of ether oxygens (including phenoxy) is 4. The van der Waals surface area contributed by atoms with Gasteiger partial charge in [-0.3, -0.25) is 14.5 Å². The number of hydrogen-bond acceptors (Lipinski definition) is 8. The Bertz CT molecular complexity index is 1160. The largest absolute Gasteiger partial charge is 0.457 e. The number of primary amides is 1. The van der Waals surface area contributed by atoms with Crippen LogP contribution in [0.2, 0.25) is 0 Å². The summed E-state index contributed by atoms with van der Waals surface area (Å²) in [5, 5.41) is 11.0. The van der Waals surface area contributed by atoms with Gasteiger partial charge < -0.3 is 29.8 Å². The molecule has 2 heterocycles. The van der Waals surface area contributed by atoms with E-state index in [2.05, 4.69) is 34.6 Å². The molecule has 0 aromatic heterocycles. The summed E-state index contributed by atoms with van der Waals surface area (Å²) in [4.78, 5) is 25.6. The standard InChI is InChI=1S/C37H62N2O7/c1-21-17-28(33(35(5,6)42)44-22(2)40)45-27-18-26-25-10-9-23-24(36(25,7)13-14-37(26,8)32(21)27)11-12-29(34(23,3)4)46-31-20-39(15-16-43-31)19-30(38)41/h21,23-29,31-33,42H,9-20H2,1-8H3,(H2,38,41)/t21-,23?,24?,25+,26?,27?,28-,29+,31?,32?,33+,36+,37+/m1/s1. The molecule has 0 radical (unpaired) electrons. The number of rotatable bonds is 7. The molecule has 0 spiro atoms. The third-order valence-corrected chi connectivity index (χ3v) is 14.4. The molecule has 3 N–H and O–H groups in total. The number of hydrogen-bond donors (Lipinski definition) is 2. The molecule has 6 rings (SSSR count). The van der Waals surface area contributed by atoms with Crippen LogP contribution >= 0.6 is 0 Å². The topological polar surface area (TPSA) is 121 Å². The Morgan fingerprint density at radius 2 is 1.65 bits per heavy atom. The summed E-state index contributed by atoms with van der Waals surface area (Å²) in [6, 6.07) is 0. The van der Waals surface area contributed by atoms with Gasteiger partial charge in [-0.05, 0) is 117 Å². The van der Waals surface area contributed by atoms with E-state index in [-0.39, 0.29) is 53.9 Å². The van der Waals surface area contributed by atoms with Gasteiger partial charge in [-0.25, -0.2) is 0 Å². The van der Waals surface area contributed by atoms with E-state index < -0.39 is 11.7 Å². The van der Waals surface area contributed by atoms with Gasteiger partial charge in [-0.2, -0.15) is 0 Å². The highest BCUT2D eigenvalue weighted by atomic mass is 16.7. The Balaban J connectivity index is 1.17. The quantitative estimate of drug-likeness (QED) is 0.374. The van der Waals surface area contributed by atoms with E-state index in [1.54, 1.807) is 13.8 Å². The second kappa shape index (κ2) is 12.3. The summed E-state index contributed by atoms with van der Waals surface area (Å²) in [5.41, 5.74) is 4.86.